The summed E-state index contributed by atoms with van der Waals surface area (Å²) in [6.45, 7) is 11.2. The van der Waals surface area contributed by atoms with Crippen molar-refractivity contribution in [3.05, 3.63) is 0 Å². The first-order valence-corrected chi connectivity index (χ1v) is 10.00. The van der Waals surface area contributed by atoms with Gasteiger partial charge in [-0.05, 0) is 92.4 Å². The zero-order valence-electron chi connectivity index (χ0n) is 16.7. The van der Waals surface area contributed by atoms with Crippen LogP contribution in [0.1, 0.15) is 65.7 Å². The van der Waals surface area contributed by atoms with Gasteiger partial charge in [0, 0.05) is 25.8 Å². The Kier molecular flexibility index (Phi) is 7.99. The number of piperidine rings is 1. The average Bonchev–Trinajstić information content (AvgIpc) is 2.49. The zero-order valence-corrected chi connectivity index (χ0v) is 16.7. The van der Waals surface area contributed by atoms with Crippen molar-refractivity contribution in [3.63, 3.8) is 0 Å². The molecule has 0 amide bonds. The van der Waals surface area contributed by atoms with Crippen molar-refractivity contribution < 1.29 is 9.47 Å². The summed E-state index contributed by atoms with van der Waals surface area (Å²) in [5.41, 5.74) is 0.00278. The van der Waals surface area contributed by atoms with E-state index in [9.17, 15) is 0 Å². The van der Waals surface area contributed by atoms with E-state index in [4.69, 9.17) is 9.47 Å². The fraction of sp³-hybridized carbons (Fsp3) is 1.00. The van der Waals surface area contributed by atoms with Gasteiger partial charge >= 0.3 is 0 Å². The molecule has 0 aromatic carbocycles. The van der Waals surface area contributed by atoms with Crippen LogP contribution in [0.15, 0.2) is 0 Å². The Morgan fingerprint density at radius 2 is 1.67 bits per heavy atom. The number of methoxy groups -OCH3 is 1. The van der Waals surface area contributed by atoms with Crippen molar-refractivity contribution >= 4 is 0 Å². The second-order valence-corrected chi connectivity index (χ2v) is 8.77. The van der Waals surface area contributed by atoms with Crippen LogP contribution in [0.4, 0.5) is 0 Å². The Morgan fingerprint density at radius 1 is 1.00 bits per heavy atom. The second-order valence-electron chi connectivity index (χ2n) is 8.77. The molecule has 1 saturated heterocycles. The van der Waals surface area contributed by atoms with Gasteiger partial charge in [-0.1, -0.05) is 0 Å². The fourth-order valence-corrected chi connectivity index (χ4v) is 4.07. The van der Waals surface area contributed by atoms with E-state index >= 15 is 0 Å². The molecule has 0 atom stereocenters. The summed E-state index contributed by atoms with van der Waals surface area (Å²) in [6.07, 6.45) is 9.38. The van der Waals surface area contributed by atoms with Crippen LogP contribution in [-0.2, 0) is 9.47 Å². The Hall–Kier alpha value is -0.160. The monoisotopic (exact) mass is 340 g/mol. The van der Waals surface area contributed by atoms with Crippen LogP contribution in [0.5, 0.6) is 0 Å². The predicted molar refractivity (Wildman–Crippen MR) is 101 cm³/mol. The van der Waals surface area contributed by atoms with E-state index < -0.39 is 0 Å². The van der Waals surface area contributed by atoms with Gasteiger partial charge in [0.1, 0.15) is 0 Å². The average molecular weight is 341 g/mol. The topological polar surface area (TPSA) is 24.9 Å². The minimum atomic E-state index is 0.00278. The summed E-state index contributed by atoms with van der Waals surface area (Å²) in [6, 6.07) is 1.51. The van der Waals surface area contributed by atoms with E-state index in [0.29, 0.717) is 6.10 Å². The largest absolute Gasteiger partial charge is 0.385 e. The van der Waals surface area contributed by atoms with Gasteiger partial charge in [-0.3, -0.25) is 0 Å². The van der Waals surface area contributed by atoms with E-state index in [2.05, 4.69) is 37.6 Å². The lowest BCUT2D eigenvalue weighted by atomic mass is 9.85. The highest BCUT2D eigenvalue weighted by Gasteiger charge is 2.38. The first-order chi connectivity index (χ1) is 11.4. The third-order valence-corrected chi connectivity index (χ3v) is 5.62. The highest BCUT2D eigenvalue weighted by molar-refractivity contribution is 4.92. The summed E-state index contributed by atoms with van der Waals surface area (Å²) in [5.74, 6) is 0. The summed E-state index contributed by atoms with van der Waals surface area (Å²) < 4.78 is 11.2. The van der Waals surface area contributed by atoms with Crippen molar-refractivity contribution in [2.24, 2.45) is 0 Å². The lowest BCUT2D eigenvalue weighted by Crippen LogP contribution is -2.54. The quantitative estimate of drug-likeness (QED) is 0.599. The number of rotatable bonds is 9. The van der Waals surface area contributed by atoms with Gasteiger partial charge in [0.05, 0.1) is 11.7 Å². The van der Waals surface area contributed by atoms with Crippen LogP contribution in [0.25, 0.3) is 0 Å². The normalized spacial score (nSPS) is 26.8. The van der Waals surface area contributed by atoms with Crippen LogP contribution in [0.2, 0.25) is 0 Å². The van der Waals surface area contributed by atoms with Crippen molar-refractivity contribution in [3.8, 4) is 0 Å². The molecule has 0 aromatic heterocycles. The van der Waals surface area contributed by atoms with Crippen molar-refractivity contribution in [1.82, 2.24) is 9.80 Å². The van der Waals surface area contributed by atoms with Crippen LogP contribution < -0.4 is 0 Å². The molecule has 1 aliphatic carbocycles. The smallest absolute Gasteiger partial charge is 0.0612 e. The third kappa shape index (κ3) is 6.62. The van der Waals surface area contributed by atoms with Gasteiger partial charge in [-0.2, -0.15) is 0 Å². The van der Waals surface area contributed by atoms with Gasteiger partial charge in [-0.25, -0.2) is 0 Å². The summed E-state index contributed by atoms with van der Waals surface area (Å²) >= 11 is 0. The number of likely N-dealkylation sites (tertiary alicyclic amines) is 1. The van der Waals surface area contributed by atoms with Gasteiger partial charge in [-0.15, -0.1) is 0 Å². The Morgan fingerprint density at radius 3 is 2.25 bits per heavy atom. The summed E-state index contributed by atoms with van der Waals surface area (Å²) in [5, 5.41) is 0. The molecule has 0 N–H and O–H groups in total. The Balaban J connectivity index is 1.57. The second kappa shape index (κ2) is 9.51. The zero-order chi connectivity index (χ0) is 17.6. The number of ether oxygens (including phenoxy) is 2. The maximum Gasteiger partial charge on any atom is 0.0612 e. The molecule has 2 rings (SSSR count). The molecule has 4 heteroatoms. The van der Waals surface area contributed by atoms with E-state index in [1.165, 1.54) is 64.6 Å². The number of nitrogens with zero attached hydrogens (tertiary/aromatic N) is 2. The number of hydrogen-bond acceptors (Lipinski definition) is 4. The van der Waals surface area contributed by atoms with Crippen LogP contribution in [-0.4, -0.2) is 74.0 Å². The van der Waals surface area contributed by atoms with E-state index in [1.807, 2.05) is 0 Å². The molecule has 142 valence electrons. The SMILES string of the molecule is COCCCCCN1CCC(N(C)C2CC(OC(C)(C)C)C2)CC1. The van der Waals surface area contributed by atoms with Gasteiger partial charge in [0.15, 0.2) is 0 Å². The molecule has 24 heavy (non-hydrogen) atoms. The van der Waals surface area contributed by atoms with Crippen LogP contribution in [0.3, 0.4) is 0 Å². The van der Waals surface area contributed by atoms with Crippen molar-refractivity contribution in [2.75, 3.05) is 40.4 Å². The van der Waals surface area contributed by atoms with E-state index in [1.54, 1.807) is 7.11 Å². The lowest BCUT2D eigenvalue weighted by molar-refractivity contribution is -0.123. The molecule has 1 aliphatic heterocycles. The van der Waals surface area contributed by atoms with Gasteiger partial charge in [0.2, 0.25) is 0 Å². The molecule has 2 aliphatic rings. The first kappa shape index (κ1) is 20.2. The molecule has 1 heterocycles. The lowest BCUT2D eigenvalue weighted by Gasteiger charge is -2.47. The van der Waals surface area contributed by atoms with Gasteiger partial charge in [0.25, 0.3) is 0 Å². The molecule has 1 saturated carbocycles. The van der Waals surface area contributed by atoms with E-state index in [0.717, 1.165) is 18.7 Å². The maximum atomic E-state index is 6.09. The molecular formula is C20H40N2O2. The number of hydrogen-bond donors (Lipinski definition) is 0. The van der Waals surface area contributed by atoms with Crippen LogP contribution in [0, 0.1) is 0 Å². The minimum absolute atomic E-state index is 0.00278. The number of unbranched alkanes of at least 4 members (excludes halogenated alkanes) is 2. The first-order valence-electron chi connectivity index (χ1n) is 10.00. The summed E-state index contributed by atoms with van der Waals surface area (Å²) in [4.78, 5) is 5.31. The minimum Gasteiger partial charge on any atom is -0.385 e. The highest BCUT2D eigenvalue weighted by Crippen LogP contribution is 2.33. The molecule has 0 unspecified atom stereocenters. The standard InChI is InChI=1S/C20H40N2O2/c1-20(2,3)24-19-15-18(16-19)21(4)17-9-12-22(13-10-17)11-7-6-8-14-23-5/h17-19H,6-16H2,1-5H3. The molecule has 0 bridgehead atoms. The molecule has 2 fully saturated rings. The molecule has 4 nitrogen and oxygen atoms in total. The third-order valence-electron chi connectivity index (χ3n) is 5.62. The molecule has 0 aromatic rings. The van der Waals surface area contributed by atoms with Crippen molar-refractivity contribution in [1.29, 1.82) is 0 Å². The van der Waals surface area contributed by atoms with Crippen LogP contribution >= 0.6 is 0 Å². The maximum absolute atomic E-state index is 6.09. The van der Waals surface area contributed by atoms with E-state index in [-0.39, 0.29) is 5.60 Å². The van der Waals surface area contributed by atoms with Crippen molar-refractivity contribution in [2.45, 2.75) is 89.5 Å². The Labute approximate surface area is 149 Å². The highest BCUT2D eigenvalue weighted by atomic mass is 16.5. The molecule has 0 spiro atoms. The fourth-order valence-electron chi connectivity index (χ4n) is 4.07. The summed E-state index contributed by atoms with van der Waals surface area (Å²) in [7, 11) is 4.13. The predicted octanol–water partition coefficient (Wildman–Crippen LogP) is 3.55. The Bertz CT molecular complexity index is 342. The molecular weight excluding hydrogens is 300 g/mol. The van der Waals surface area contributed by atoms with Gasteiger partial charge < -0.3 is 19.3 Å². The molecule has 0 radical (unpaired) electrons.